The number of carbonyl (C=O) groups excluding carboxylic acids is 1. The van der Waals surface area contributed by atoms with E-state index in [1.54, 1.807) is 35.8 Å². The molecular weight excluding hydrogens is 468 g/mol. The van der Waals surface area contributed by atoms with Crippen LogP contribution in [-0.4, -0.2) is 35.7 Å². The molecule has 5 aromatic rings. The molecule has 0 aliphatic carbocycles. The van der Waals surface area contributed by atoms with Crippen LogP contribution in [0.25, 0.3) is 26.4 Å². The molecule has 0 fully saturated rings. The highest BCUT2D eigenvalue weighted by atomic mass is 32.2. The SMILES string of the molecule is CC(Sc1nnc2sc3ccccc3n12)C(=O)Nc1nc(-c2cccc([N+](=O)[O-])c2)cs1. The predicted molar refractivity (Wildman–Crippen MR) is 127 cm³/mol. The molecule has 0 aliphatic rings. The molecule has 3 heterocycles. The van der Waals surface area contributed by atoms with Crippen molar-refractivity contribution in [2.24, 2.45) is 0 Å². The van der Waals surface area contributed by atoms with Crippen LogP contribution in [0.1, 0.15) is 6.92 Å². The third-order valence-electron chi connectivity index (χ3n) is 4.65. The van der Waals surface area contributed by atoms with Crippen LogP contribution in [0.4, 0.5) is 10.8 Å². The zero-order valence-electron chi connectivity index (χ0n) is 16.5. The average Bonchev–Trinajstić information content (AvgIpc) is 3.50. The van der Waals surface area contributed by atoms with Crippen molar-refractivity contribution in [3.8, 4) is 11.3 Å². The molecule has 5 rings (SSSR count). The van der Waals surface area contributed by atoms with Gasteiger partial charge in [0.2, 0.25) is 10.9 Å². The van der Waals surface area contributed by atoms with E-state index in [2.05, 4.69) is 20.5 Å². The fourth-order valence-electron chi connectivity index (χ4n) is 3.09. The van der Waals surface area contributed by atoms with Crippen LogP contribution in [-0.2, 0) is 4.79 Å². The number of amides is 1. The van der Waals surface area contributed by atoms with E-state index in [-0.39, 0.29) is 11.6 Å². The van der Waals surface area contributed by atoms with Crippen molar-refractivity contribution < 1.29 is 9.72 Å². The van der Waals surface area contributed by atoms with Crippen molar-refractivity contribution in [3.05, 3.63) is 64.0 Å². The number of thioether (sulfide) groups is 1. The number of non-ortho nitro benzene ring substituents is 1. The van der Waals surface area contributed by atoms with Gasteiger partial charge < -0.3 is 5.32 Å². The Morgan fingerprint density at radius 1 is 1.22 bits per heavy atom. The number of para-hydroxylation sites is 1. The number of nitrogens with one attached hydrogen (secondary N) is 1. The summed E-state index contributed by atoms with van der Waals surface area (Å²) < 4.78 is 3.06. The molecule has 3 aromatic heterocycles. The summed E-state index contributed by atoms with van der Waals surface area (Å²) in [6.07, 6.45) is 0. The van der Waals surface area contributed by atoms with Crippen LogP contribution in [0.15, 0.2) is 59.1 Å². The van der Waals surface area contributed by atoms with Gasteiger partial charge in [0.1, 0.15) is 0 Å². The summed E-state index contributed by atoms with van der Waals surface area (Å²) in [5.41, 5.74) is 2.19. The molecule has 160 valence electrons. The van der Waals surface area contributed by atoms with Crippen LogP contribution >= 0.6 is 34.4 Å². The van der Waals surface area contributed by atoms with E-state index >= 15 is 0 Å². The van der Waals surface area contributed by atoms with Gasteiger partial charge >= 0.3 is 0 Å². The van der Waals surface area contributed by atoms with Crippen LogP contribution < -0.4 is 5.32 Å². The van der Waals surface area contributed by atoms with Gasteiger partial charge in [-0.05, 0) is 19.1 Å². The molecule has 0 radical (unpaired) electrons. The number of fused-ring (bicyclic) bond motifs is 3. The summed E-state index contributed by atoms with van der Waals surface area (Å²) in [7, 11) is 0. The molecule has 1 N–H and O–H groups in total. The fraction of sp³-hybridized carbons (Fsp3) is 0.100. The number of hydrogen-bond donors (Lipinski definition) is 1. The summed E-state index contributed by atoms with van der Waals surface area (Å²) in [5, 5.41) is 24.7. The Morgan fingerprint density at radius 2 is 2.06 bits per heavy atom. The number of carbonyl (C=O) groups is 1. The predicted octanol–water partition coefficient (Wildman–Crippen LogP) is 5.10. The first kappa shape index (κ1) is 20.5. The highest BCUT2D eigenvalue weighted by molar-refractivity contribution is 8.00. The quantitative estimate of drug-likeness (QED) is 0.203. The van der Waals surface area contributed by atoms with E-state index < -0.39 is 10.2 Å². The van der Waals surface area contributed by atoms with Gasteiger partial charge in [0.25, 0.3) is 5.69 Å². The number of hydrogen-bond acceptors (Lipinski definition) is 9. The summed E-state index contributed by atoms with van der Waals surface area (Å²) in [6.45, 7) is 1.80. The number of benzene rings is 2. The van der Waals surface area contributed by atoms with Gasteiger partial charge in [-0.15, -0.1) is 21.5 Å². The Labute approximate surface area is 193 Å². The zero-order valence-corrected chi connectivity index (χ0v) is 18.9. The molecule has 0 spiro atoms. The van der Waals surface area contributed by atoms with Crippen LogP contribution in [0.5, 0.6) is 0 Å². The normalized spacial score (nSPS) is 12.3. The molecule has 9 nitrogen and oxygen atoms in total. The van der Waals surface area contributed by atoms with Gasteiger partial charge in [-0.2, -0.15) is 0 Å². The third-order valence-corrected chi connectivity index (χ3v) is 7.46. The first-order valence-electron chi connectivity index (χ1n) is 9.40. The average molecular weight is 483 g/mol. The monoisotopic (exact) mass is 482 g/mol. The maximum atomic E-state index is 12.8. The Hall–Kier alpha value is -3.35. The maximum Gasteiger partial charge on any atom is 0.270 e. The van der Waals surface area contributed by atoms with Gasteiger partial charge in [0.05, 0.1) is 26.1 Å². The van der Waals surface area contributed by atoms with Crippen molar-refractivity contribution in [2.75, 3.05) is 5.32 Å². The zero-order chi connectivity index (χ0) is 22.2. The van der Waals surface area contributed by atoms with Crippen LogP contribution in [0, 0.1) is 10.1 Å². The molecule has 2 aromatic carbocycles. The number of anilines is 1. The summed E-state index contributed by atoms with van der Waals surface area (Å²) >= 11 is 4.13. The van der Waals surface area contributed by atoms with Crippen molar-refractivity contribution in [2.45, 2.75) is 17.3 Å². The molecule has 32 heavy (non-hydrogen) atoms. The Balaban J connectivity index is 1.31. The van der Waals surface area contributed by atoms with Crippen LogP contribution in [0.2, 0.25) is 0 Å². The first-order valence-corrected chi connectivity index (χ1v) is 12.0. The van der Waals surface area contributed by atoms with Crippen molar-refractivity contribution >= 4 is 66.3 Å². The number of thiazole rings is 2. The second-order valence-electron chi connectivity index (χ2n) is 6.77. The lowest BCUT2D eigenvalue weighted by Gasteiger charge is -2.09. The number of rotatable bonds is 6. The minimum absolute atomic E-state index is 0.00770. The second-order valence-corrected chi connectivity index (χ2v) is 9.94. The third kappa shape index (κ3) is 3.83. The van der Waals surface area contributed by atoms with Gasteiger partial charge in [-0.25, -0.2) is 4.98 Å². The number of nitro groups is 1. The largest absolute Gasteiger partial charge is 0.301 e. The lowest BCUT2D eigenvalue weighted by molar-refractivity contribution is -0.384. The minimum Gasteiger partial charge on any atom is -0.301 e. The van der Waals surface area contributed by atoms with E-state index in [1.165, 1.54) is 35.2 Å². The number of nitro benzene ring substituents is 1. The van der Waals surface area contributed by atoms with Gasteiger partial charge in [0, 0.05) is 23.1 Å². The number of nitrogens with zero attached hydrogens (tertiary/aromatic N) is 5. The smallest absolute Gasteiger partial charge is 0.270 e. The van der Waals surface area contributed by atoms with E-state index in [0.717, 1.165) is 15.2 Å². The molecule has 0 aliphatic heterocycles. The molecular formula is C20H14N6O3S3. The van der Waals surface area contributed by atoms with Gasteiger partial charge in [-0.3, -0.25) is 19.3 Å². The summed E-state index contributed by atoms with van der Waals surface area (Å²) in [6, 6.07) is 14.2. The lowest BCUT2D eigenvalue weighted by atomic mass is 10.1. The molecule has 1 atom stereocenters. The lowest BCUT2D eigenvalue weighted by Crippen LogP contribution is -2.22. The van der Waals surface area contributed by atoms with Crippen LogP contribution in [0.3, 0.4) is 0 Å². The van der Waals surface area contributed by atoms with Crippen molar-refractivity contribution in [1.82, 2.24) is 19.6 Å². The molecule has 0 bridgehead atoms. The summed E-state index contributed by atoms with van der Waals surface area (Å²) in [5.74, 6) is -0.216. The molecule has 1 amide bonds. The standard InChI is InChI=1S/C20H14N6O3S3/c1-11(31-19-23-24-20-25(19)15-7-2-3-8-16(15)32-20)17(27)22-18-21-14(10-30-18)12-5-4-6-13(9-12)26(28)29/h2-11H,1H3,(H,21,22,27). The molecule has 1 unspecified atom stereocenters. The van der Waals surface area contributed by atoms with Crippen molar-refractivity contribution in [3.63, 3.8) is 0 Å². The Kier molecular flexibility index (Phi) is 5.33. The highest BCUT2D eigenvalue weighted by Gasteiger charge is 2.21. The fourth-order valence-corrected chi connectivity index (χ4v) is 5.70. The highest BCUT2D eigenvalue weighted by Crippen LogP contribution is 2.32. The maximum absolute atomic E-state index is 12.8. The Morgan fingerprint density at radius 3 is 2.91 bits per heavy atom. The molecule has 12 heteroatoms. The second kappa shape index (κ2) is 8.30. The van der Waals surface area contributed by atoms with E-state index in [9.17, 15) is 14.9 Å². The first-order chi connectivity index (χ1) is 15.5. The van der Waals surface area contributed by atoms with Gasteiger partial charge in [0.15, 0.2) is 10.3 Å². The molecule has 0 saturated carbocycles. The van der Waals surface area contributed by atoms with E-state index in [1.807, 2.05) is 28.7 Å². The topological polar surface area (TPSA) is 115 Å². The molecule has 0 saturated heterocycles. The van der Waals surface area contributed by atoms with E-state index in [0.29, 0.717) is 21.5 Å². The Bertz CT molecular complexity index is 1470. The van der Waals surface area contributed by atoms with E-state index in [4.69, 9.17) is 0 Å². The van der Waals surface area contributed by atoms with Gasteiger partial charge in [-0.1, -0.05) is 47.4 Å². The van der Waals surface area contributed by atoms with Crippen molar-refractivity contribution in [1.29, 1.82) is 0 Å². The summed E-state index contributed by atoms with van der Waals surface area (Å²) in [4.78, 5) is 28.5. The minimum atomic E-state index is -0.449. The number of aromatic nitrogens is 4.